The zero-order valence-corrected chi connectivity index (χ0v) is 32.9. The first kappa shape index (κ1) is 39.2. The van der Waals surface area contributed by atoms with Gasteiger partial charge >= 0.3 is 0 Å². The lowest BCUT2D eigenvalue weighted by molar-refractivity contribution is -0.275. The Balaban J connectivity index is 1.20. The van der Waals surface area contributed by atoms with Crippen molar-refractivity contribution in [3.63, 3.8) is 0 Å². The van der Waals surface area contributed by atoms with E-state index >= 15 is 0 Å². The lowest BCUT2D eigenvalue weighted by atomic mass is 9.77. The normalized spacial score (nSPS) is 19.8. The number of ketones is 2. The maximum absolute atomic E-state index is 14.4. The van der Waals surface area contributed by atoms with Gasteiger partial charge in [0.05, 0.1) is 38.6 Å². The van der Waals surface area contributed by atoms with Crippen LogP contribution in [0.15, 0.2) is 170 Å². The second-order valence-corrected chi connectivity index (χ2v) is 15.1. The van der Waals surface area contributed by atoms with Crippen molar-refractivity contribution in [3.8, 4) is 5.75 Å². The molecule has 2 aliphatic rings. The van der Waals surface area contributed by atoms with Crippen molar-refractivity contribution in [1.29, 1.82) is 0 Å². The summed E-state index contributed by atoms with van der Waals surface area (Å²) < 4.78 is 34.4. The van der Waals surface area contributed by atoms with Gasteiger partial charge in [-0.1, -0.05) is 170 Å². The van der Waals surface area contributed by atoms with Gasteiger partial charge < -0.3 is 28.8 Å². The van der Waals surface area contributed by atoms with Gasteiger partial charge in [0.1, 0.15) is 36.3 Å². The molecule has 1 N–H and O–H groups in total. The van der Waals surface area contributed by atoms with Crippen LogP contribution in [0.2, 0.25) is 0 Å². The molecule has 0 bridgehead atoms. The van der Waals surface area contributed by atoms with Gasteiger partial charge in [-0.15, -0.1) is 0 Å². The maximum Gasteiger partial charge on any atom is 0.198 e. The van der Waals surface area contributed by atoms with E-state index in [4.69, 9.17) is 23.7 Å². The van der Waals surface area contributed by atoms with Crippen molar-refractivity contribution < 1.29 is 38.4 Å². The van der Waals surface area contributed by atoms with E-state index in [0.29, 0.717) is 28.5 Å². The lowest BCUT2D eigenvalue weighted by Crippen LogP contribution is -2.58. The largest absolute Gasteiger partial charge is 0.507 e. The predicted octanol–water partition coefficient (Wildman–Crippen LogP) is 9.73. The van der Waals surface area contributed by atoms with E-state index < -0.39 is 36.3 Å². The van der Waals surface area contributed by atoms with Crippen LogP contribution in [0.1, 0.15) is 65.8 Å². The smallest absolute Gasteiger partial charge is 0.198 e. The molecule has 7 aromatic rings. The molecular formula is C52H44O8. The van der Waals surface area contributed by atoms with Crippen molar-refractivity contribution in [2.75, 3.05) is 6.61 Å². The highest BCUT2D eigenvalue weighted by atomic mass is 16.6. The van der Waals surface area contributed by atoms with E-state index in [-0.39, 0.29) is 54.7 Å². The number of carbonyl (C=O) groups is 2. The Morgan fingerprint density at radius 1 is 0.450 bits per heavy atom. The summed E-state index contributed by atoms with van der Waals surface area (Å²) in [6, 6.07) is 53.6. The number of carbonyl (C=O) groups excluding carboxylic acids is 2. The molecule has 1 fully saturated rings. The van der Waals surface area contributed by atoms with Crippen LogP contribution in [-0.4, -0.2) is 47.7 Å². The standard InChI is InChI=1S/C52H44O8/c53-46-40-27-15-16-28-41(40)47(54)45-43(46)38-25-13-14-26-39(38)44(48(45)55)50-52(59-32-37-23-11-4-12-24-37)51(58-31-36-21-9-3-10-22-36)49(57-30-35-19-7-2-8-20-35)42(60-50)33-56-29-34-17-5-1-6-18-34/h1-28,42,49-52,55H,29-33H2. The number of aromatic hydroxyl groups is 1. The number of ether oxygens (including phenoxy) is 5. The molecule has 0 amide bonds. The van der Waals surface area contributed by atoms with E-state index in [2.05, 4.69) is 0 Å². The van der Waals surface area contributed by atoms with Gasteiger partial charge in [-0.05, 0) is 33.0 Å². The summed E-state index contributed by atoms with van der Waals surface area (Å²) in [5.41, 5.74) is 4.80. The van der Waals surface area contributed by atoms with Gasteiger partial charge in [0.2, 0.25) is 0 Å². The molecule has 60 heavy (non-hydrogen) atoms. The number of phenolic OH excluding ortho intramolecular Hbond substituents is 1. The first-order valence-corrected chi connectivity index (χ1v) is 20.2. The van der Waals surface area contributed by atoms with Crippen LogP contribution in [0.4, 0.5) is 0 Å². The molecule has 0 saturated carbocycles. The molecule has 0 spiro atoms. The molecule has 5 unspecified atom stereocenters. The van der Waals surface area contributed by atoms with Crippen LogP contribution < -0.4 is 0 Å². The fourth-order valence-electron chi connectivity index (χ4n) is 8.37. The number of rotatable bonds is 14. The van der Waals surface area contributed by atoms with E-state index in [0.717, 1.165) is 22.3 Å². The first-order chi connectivity index (χ1) is 29.5. The summed E-state index contributed by atoms with van der Waals surface area (Å²) in [5.74, 6) is -1.10. The average Bonchev–Trinajstić information content (AvgIpc) is 3.30. The first-order valence-electron chi connectivity index (χ1n) is 20.2. The van der Waals surface area contributed by atoms with Crippen LogP contribution in [0.25, 0.3) is 10.8 Å². The Kier molecular flexibility index (Phi) is 11.7. The van der Waals surface area contributed by atoms with Gasteiger partial charge in [-0.3, -0.25) is 9.59 Å². The summed E-state index contributed by atoms with van der Waals surface area (Å²) in [6.45, 7) is 1.10. The Bertz CT molecular complexity index is 2580. The van der Waals surface area contributed by atoms with Gasteiger partial charge in [-0.25, -0.2) is 0 Å². The topological polar surface area (TPSA) is 101 Å². The zero-order chi connectivity index (χ0) is 40.8. The van der Waals surface area contributed by atoms with Crippen molar-refractivity contribution >= 4 is 22.3 Å². The van der Waals surface area contributed by atoms with Crippen LogP contribution in [0.5, 0.6) is 5.75 Å². The molecule has 7 aromatic carbocycles. The maximum atomic E-state index is 14.4. The second kappa shape index (κ2) is 17.9. The minimum atomic E-state index is -1.02. The van der Waals surface area contributed by atoms with Crippen LogP contribution >= 0.6 is 0 Å². The molecular weight excluding hydrogens is 753 g/mol. The third kappa shape index (κ3) is 8.04. The molecule has 0 radical (unpaired) electrons. The molecule has 9 rings (SSSR count). The lowest BCUT2D eigenvalue weighted by Gasteiger charge is -2.47. The van der Waals surface area contributed by atoms with Gasteiger partial charge in [0.15, 0.2) is 11.6 Å². The van der Waals surface area contributed by atoms with Crippen molar-refractivity contribution in [2.45, 2.75) is 56.9 Å². The van der Waals surface area contributed by atoms with E-state index in [9.17, 15) is 14.7 Å². The van der Waals surface area contributed by atoms with E-state index in [1.165, 1.54) is 0 Å². The summed E-state index contributed by atoms with van der Waals surface area (Å²) >= 11 is 0. The summed E-state index contributed by atoms with van der Waals surface area (Å²) in [4.78, 5) is 28.7. The molecule has 0 aromatic heterocycles. The number of benzene rings is 7. The number of hydrogen-bond donors (Lipinski definition) is 1. The molecule has 8 nitrogen and oxygen atoms in total. The number of hydrogen-bond acceptors (Lipinski definition) is 8. The molecule has 300 valence electrons. The Labute approximate surface area is 348 Å². The minimum absolute atomic E-state index is 0.0566. The SMILES string of the molecule is O=C1c2ccccc2C(=O)c2c1c(O)c(C1OC(COCc3ccccc3)C(OCc3ccccc3)C(OCc3ccccc3)C1OCc1ccccc1)c1ccccc21. The molecule has 1 aliphatic heterocycles. The molecule has 1 heterocycles. The van der Waals surface area contributed by atoms with E-state index in [1.807, 2.05) is 146 Å². The highest BCUT2D eigenvalue weighted by Gasteiger charge is 2.51. The number of fused-ring (bicyclic) bond motifs is 4. The minimum Gasteiger partial charge on any atom is -0.507 e. The van der Waals surface area contributed by atoms with Gasteiger partial charge in [0.25, 0.3) is 0 Å². The summed E-state index contributed by atoms with van der Waals surface area (Å²) in [6.07, 6.45) is -4.16. The van der Waals surface area contributed by atoms with Crippen LogP contribution in [-0.2, 0) is 50.1 Å². The quantitative estimate of drug-likeness (QED) is 0.116. The predicted molar refractivity (Wildman–Crippen MR) is 228 cm³/mol. The van der Waals surface area contributed by atoms with Gasteiger partial charge in [0, 0.05) is 22.3 Å². The average molecular weight is 797 g/mol. The highest BCUT2D eigenvalue weighted by molar-refractivity contribution is 6.33. The van der Waals surface area contributed by atoms with Crippen molar-refractivity contribution in [2.24, 2.45) is 0 Å². The van der Waals surface area contributed by atoms with Crippen LogP contribution in [0.3, 0.4) is 0 Å². The molecule has 8 heteroatoms. The molecule has 1 saturated heterocycles. The fourth-order valence-corrected chi connectivity index (χ4v) is 8.37. The number of phenols is 1. The summed E-state index contributed by atoms with van der Waals surface area (Å²) in [5, 5.41) is 13.7. The third-order valence-corrected chi connectivity index (χ3v) is 11.3. The van der Waals surface area contributed by atoms with E-state index in [1.54, 1.807) is 24.3 Å². The fraction of sp³-hybridized carbons (Fsp3) is 0.192. The third-order valence-electron chi connectivity index (χ3n) is 11.3. The Hall–Kier alpha value is -6.26. The van der Waals surface area contributed by atoms with Crippen molar-refractivity contribution in [1.82, 2.24) is 0 Å². The second-order valence-electron chi connectivity index (χ2n) is 15.1. The van der Waals surface area contributed by atoms with Crippen molar-refractivity contribution in [3.05, 3.63) is 220 Å². The molecule has 1 aliphatic carbocycles. The Morgan fingerprint density at radius 2 is 0.867 bits per heavy atom. The summed E-state index contributed by atoms with van der Waals surface area (Å²) in [7, 11) is 0. The van der Waals surface area contributed by atoms with Gasteiger partial charge in [-0.2, -0.15) is 0 Å². The monoisotopic (exact) mass is 796 g/mol. The molecule has 5 atom stereocenters. The Morgan fingerprint density at radius 3 is 1.40 bits per heavy atom. The van der Waals surface area contributed by atoms with Crippen LogP contribution in [0, 0.1) is 0 Å². The zero-order valence-electron chi connectivity index (χ0n) is 32.9. The highest BCUT2D eigenvalue weighted by Crippen LogP contribution is 2.48.